The Kier molecular flexibility index (Phi) is 9.21. The molecule has 0 aliphatic rings. The number of carbonyl (C=O) groups excluding carboxylic acids is 2. The Balaban J connectivity index is 3.53. The van der Waals surface area contributed by atoms with Crippen LogP contribution in [0.5, 0.6) is 0 Å². The van der Waals surface area contributed by atoms with E-state index in [0.29, 0.717) is 19.1 Å². The minimum absolute atomic E-state index is 0.118. The zero-order valence-corrected chi connectivity index (χ0v) is 13.5. The monoisotopic (exact) mass is 287 g/mol. The van der Waals surface area contributed by atoms with E-state index in [9.17, 15) is 9.59 Å². The first-order chi connectivity index (χ1) is 9.20. The number of esters is 1. The van der Waals surface area contributed by atoms with Gasteiger partial charge in [0.25, 0.3) is 0 Å². The maximum Gasteiger partial charge on any atom is 0.306 e. The number of hydrogen-bond acceptors (Lipinski definition) is 4. The molecule has 1 N–H and O–H groups in total. The van der Waals surface area contributed by atoms with Gasteiger partial charge >= 0.3 is 5.97 Å². The van der Waals surface area contributed by atoms with Crippen molar-refractivity contribution in [1.82, 2.24) is 5.32 Å². The number of carbonyl (C=O) groups is 2. The molecule has 1 amide bonds. The molecule has 0 aromatic rings. The van der Waals surface area contributed by atoms with E-state index in [1.807, 2.05) is 20.8 Å². The van der Waals surface area contributed by atoms with Gasteiger partial charge in [-0.3, -0.25) is 9.59 Å². The zero-order valence-electron chi connectivity index (χ0n) is 13.5. The van der Waals surface area contributed by atoms with Crippen molar-refractivity contribution in [2.45, 2.75) is 59.5 Å². The summed E-state index contributed by atoms with van der Waals surface area (Å²) in [6, 6.07) is 0. The maximum atomic E-state index is 11.5. The summed E-state index contributed by atoms with van der Waals surface area (Å²) in [6.45, 7) is 11.6. The molecule has 0 aromatic heterocycles. The molecular weight excluding hydrogens is 258 g/mol. The highest BCUT2D eigenvalue weighted by Crippen LogP contribution is 2.08. The van der Waals surface area contributed by atoms with Crippen molar-refractivity contribution in [3.05, 3.63) is 0 Å². The summed E-state index contributed by atoms with van der Waals surface area (Å²) >= 11 is 0. The Labute approximate surface area is 122 Å². The van der Waals surface area contributed by atoms with Crippen molar-refractivity contribution in [2.24, 2.45) is 5.92 Å². The van der Waals surface area contributed by atoms with Crippen LogP contribution in [0.15, 0.2) is 0 Å². The summed E-state index contributed by atoms with van der Waals surface area (Å²) in [4.78, 5) is 22.9. The molecule has 5 heteroatoms. The van der Waals surface area contributed by atoms with E-state index in [4.69, 9.17) is 9.47 Å². The van der Waals surface area contributed by atoms with Crippen LogP contribution in [0.25, 0.3) is 0 Å². The first kappa shape index (κ1) is 18.9. The molecule has 0 saturated carbocycles. The quantitative estimate of drug-likeness (QED) is 0.522. The molecule has 118 valence electrons. The second-order valence-corrected chi connectivity index (χ2v) is 6.26. The lowest BCUT2D eigenvalue weighted by molar-refractivity contribution is -0.155. The molecular formula is C15H29NO4. The van der Waals surface area contributed by atoms with Gasteiger partial charge in [0.05, 0.1) is 6.42 Å². The Morgan fingerprint density at radius 2 is 1.80 bits per heavy atom. The molecule has 0 bridgehead atoms. The van der Waals surface area contributed by atoms with Crippen LogP contribution in [-0.2, 0) is 19.1 Å². The van der Waals surface area contributed by atoms with Crippen LogP contribution in [0.3, 0.4) is 0 Å². The highest BCUT2D eigenvalue weighted by Gasteiger charge is 2.16. The van der Waals surface area contributed by atoms with Crippen LogP contribution in [0, 0.1) is 5.92 Å². The van der Waals surface area contributed by atoms with E-state index in [-0.39, 0.29) is 24.7 Å². The fraction of sp³-hybridized carbons (Fsp3) is 0.867. The van der Waals surface area contributed by atoms with E-state index < -0.39 is 5.60 Å². The van der Waals surface area contributed by atoms with Gasteiger partial charge in [0, 0.05) is 26.2 Å². The largest absolute Gasteiger partial charge is 0.460 e. The van der Waals surface area contributed by atoms with E-state index in [1.54, 1.807) is 0 Å². The summed E-state index contributed by atoms with van der Waals surface area (Å²) in [5.74, 6) is 0.0612. The summed E-state index contributed by atoms with van der Waals surface area (Å²) < 4.78 is 10.5. The van der Waals surface area contributed by atoms with Gasteiger partial charge in [0.1, 0.15) is 5.60 Å². The predicted molar refractivity (Wildman–Crippen MR) is 78.4 cm³/mol. The minimum atomic E-state index is -0.499. The van der Waals surface area contributed by atoms with Gasteiger partial charge < -0.3 is 14.8 Å². The summed E-state index contributed by atoms with van der Waals surface area (Å²) in [5.41, 5.74) is -0.499. The van der Waals surface area contributed by atoms with Crippen molar-refractivity contribution in [3.63, 3.8) is 0 Å². The first-order valence-corrected chi connectivity index (χ1v) is 7.27. The number of ether oxygens (including phenoxy) is 2. The molecule has 0 aliphatic carbocycles. The fourth-order valence-electron chi connectivity index (χ4n) is 1.42. The van der Waals surface area contributed by atoms with Gasteiger partial charge in [0.15, 0.2) is 0 Å². The van der Waals surface area contributed by atoms with Gasteiger partial charge in [-0.2, -0.15) is 0 Å². The normalized spacial score (nSPS) is 11.5. The molecule has 0 aliphatic heterocycles. The molecule has 20 heavy (non-hydrogen) atoms. The van der Waals surface area contributed by atoms with Crippen LogP contribution >= 0.6 is 0 Å². The lowest BCUT2D eigenvalue weighted by Gasteiger charge is -2.19. The topological polar surface area (TPSA) is 64.6 Å². The standard InChI is InChI=1S/C15H29NO4/c1-12(2)11-19-10-6-9-16-13(17)7-8-14(18)20-15(3,4)5/h12H,6-11H2,1-5H3,(H,16,17). The predicted octanol–water partition coefficient (Wildman–Crippen LogP) is 2.29. The molecule has 0 atom stereocenters. The lowest BCUT2D eigenvalue weighted by Crippen LogP contribution is -2.28. The third-order valence-electron chi connectivity index (χ3n) is 2.22. The molecule has 0 fully saturated rings. The first-order valence-electron chi connectivity index (χ1n) is 7.27. The van der Waals surface area contributed by atoms with Gasteiger partial charge in [-0.15, -0.1) is 0 Å². The SMILES string of the molecule is CC(C)COCCCNC(=O)CCC(=O)OC(C)(C)C. The Bertz CT molecular complexity index is 295. The Morgan fingerprint density at radius 3 is 2.35 bits per heavy atom. The van der Waals surface area contributed by atoms with Gasteiger partial charge in [-0.1, -0.05) is 13.8 Å². The van der Waals surface area contributed by atoms with E-state index in [2.05, 4.69) is 19.2 Å². The van der Waals surface area contributed by atoms with Crippen LogP contribution < -0.4 is 5.32 Å². The van der Waals surface area contributed by atoms with Crippen LogP contribution in [-0.4, -0.2) is 37.2 Å². The van der Waals surface area contributed by atoms with Gasteiger partial charge in [0.2, 0.25) is 5.91 Å². The molecule has 5 nitrogen and oxygen atoms in total. The molecule has 0 rings (SSSR count). The van der Waals surface area contributed by atoms with E-state index in [0.717, 1.165) is 13.0 Å². The average Bonchev–Trinajstić information content (AvgIpc) is 2.28. The second-order valence-electron chi connectivity index (χ2n) is 6.26. The van der Waals surface area contributed by atoms with Crippen molar-refractivity contribution >= 4 is 11.9 Å². The molecule has 0 spiro atoms. The third-order valence-corrected chi connectivity index (χ3v) is 2.22. The summed E-state index contributed by atoms with van der Waals surface area (Å²) in [7, 11) is 0. The molecule has 0 heterocycles. The molecule has 0 aromatic carbocycles. The van der Waals surface area contributed by atoms with Crippen molar-refractivity contribution in [1.29, 1.82) is 0 Å². The highest BCUT2D eigenvalue weighted by molar-refractivity contribution is 5.81. The van der Waals surface area contributed by atoms with Crippen LogP contribution in [0.2, 0.25) is 0 Å². The lowest BCUT2D eigenvalue weighted by atomic mass is 10.2. The maximum absolute atomic E-state index is 11.5. The number of amides is 1. The van der Waals surface area contributed by atoms with Crippen molar-refractivity contribution < 1.29 is 19.1 Å². The van der Waals surface area contributed by atoms with E-state index >= 15 is 0 Å². The Hall–Kier alpha value is -1.10. The highest BCUT2D eigenvalue weighted by atomic mass is 16.6. The van der Waals surface area contributed by atoms with Gasteiger partial charge in [-0.25, -0.2) is 0 Å². The molecule has 0 saturated heterocycles. The van der Waals surface area contributed by atoms with Gasteiger partial charge in [-0.05, 0) is 33.1 Å². The third kappa shape index (κ3) is 13.3. The summed E-state index contributed by atoms with van der Waals surface area (Å²) in [5, 5.41) is 2.76. The average molecular weight is 287 g/mol. The zero-order chi connectivity index (χ0) is 15.6. The van der Waals surface area contributed by atoms with Crippen LogP contribution in [0.1, 0.15) is 53.9 Å². The van der Waals surface area contributed by atoms with Crippen molar-refractivity contribution in [3.8, 4) is 0 Å². The van der Waals surface area contributed by atoms with E-state index in [1.165, 1.54) is 0 Å². The van der Waals surface area contributed by atoms with Crippen LogP contribution in [0.4, 0.5) is 0 Å². The minimum Gasteiger partial charge on any atom is -0.460 e. The summed E-state index contributed by atoms with van der Waals surface area (Å²) in [6.07, 6.45) is 1.07. The molecule has 0 unspecified atom stereocenters. The number of hydrogen-bond donors (Lipinski definition) is 1. The van der Waals surface area contributed by atoms with Crippen molar-refractivity contribution in [2.75, 3.05) is 19.8 Å². The Morgan fingerprint density at radius 1 is 1.15 bits per heavy atom. The molecule has 0 radical (unpaired) electrons. The smallest absolute Gasteiger partial charge is 0.306 e. The second kappa shape index (κ2) is 9.75. The number of rotatable bonds is 9. The fourth-order valence-corrected chi connectivity index (χ4v) is 1.42. The number of nitrogens with one attached hydrogen (secondary N) is 1.